The summed E-state index contributed by atoms with van der Waals surface area (Å²) in [5, 5.41) is 0. The van der Waals surface area contributed by atoms with Gasteiger partial charge in [-0.3, -0.25) is 0 Å². The van der Waals surface area contributed by atoms with Gasteiger partial charge >= 0.3 is 6.18 Å². The Kier molecular flexibility index (Phi) is 7.85. The highest BCUT2D eigenvalue weighted by Crippen LogP contribution is 2.47. The Labute approximate surface area is 195 Å². The summed E-state index contributed by atoms with van der Waals surface area (Å²) in [4.78, 5) is 0. The van der Waals surface area contributed by atoms with E-state index in [1.54, 1.807) is 0 Å². The second-order valence-corrected chi connectivity index (χ2v) is 11.1. The molecule has 5 heteroatoms. The van der Waals surface area contributed by atoms with E-state index >= 15 is 0 Å². The molecule has 0 spiro atoms. The van der Waals surface area contributed by atoms with Crippen LogP contribution >= 0.6 is 0 Å². The molecule has 1 aromatic rings. The number of hydrogen-bond donors (Lipinski definition) is 0. The van der Waals surface area contributed by atoms with Gasteiger partial charge in [0.2, 0.25) is 0 Å². The summed E-state index contributed by atoms with van der Waals surface area (Å²) >= 11 is 0. The molecular weight excluding hydrogens is 431 g/mol. The van der Waals surface area contributed by atoms with E-state index in [9.17, 15) is 22.0 Å². The van der Waals surface area contributed by atoms with Gasteiger partial charge in [0.1, 0.15) is 11.6 Å². The fourth-order valence-corrected chi connectivity index (χ4v) is 6.95. The molecule has 0 atom stereocenters. The Morgan fingerprint density at radius 3 is 1.48 bits per heavy atom. The van der Waals surface area contributed by atoms with Crippen LogP contribution in [0, 0.1) is 41.2 Å². The Hall–Kier alpha value is -1.39. The molecule has 3 fully saturated rings. The molecule has 3 saturated carbocycles. The highest BCUT2D eigenvalue weighted by atomic mass is 19.4. The number of rotatable bonds is 4. The lowest BCUT2D eigenvalue weighted by Crippen LogP contribution is -2.29. The topological polar surface area (TPSA) is 0 Å². The van der Waals surface area contributed by atoms with Crippen LogP contribution in [0.15, 0.2) is 18.2 Å². The van der Waals surface area contributed by atoms with Gasteiger partial charge < -0.3 is 0 Å². The minimum atomic E-state index is -4.59. The Morgan fingerprint density at radius 2 is 1.06 bits per heavy atom. The van der Waals surface area contributed by atoms with E-state index in [-0.39, 0.29) is 12.0 Å². The van der Waals surface area contributed by atoms with E-state index in [0.717, 1.165) is 49.4 Å². The summed E-state index contributed by atoms with van der Waals surface area (Å²) in [5.41, 5.74) is -0.0308. The zero-order valence-electron chi connectivity index (χ0n) is 19.6. The van der Waals surface area contributed by atoms with E-state index in [1.807, 2.05) is 0 Å². The summed E-state index contributed by atoms with van der Waals surface area (Å²) in [7, 11) is 0. The average Bonchev–Trinajstić information content (AvgIpc) is 2.78. The fraction of sp³-hybridized carbons (Fsp3) is 0.714. The lowest BCUT2D eigenvalue weighted by Gasteiger charge is -2.41. The third kappa shape index (κ3) is 6.39. The third-order valence-electron chi connectivity index (χ3n) is 8.99. The predicted octanol–water partition coefficient (Wildman–Crippen LogP) is 9.45. The Morgan fingerprint density at radius 1 is 0.667 bits per heavy atom. The molecule has 0 radical (unpaired) electrons. The minimum Gasteiger partial charge on any atom is -0.206 e. The normalized spacial score (nSPS) is 34.0. The van der Waals surface area contributed by atoms with E-state index in [0.29, 0.717) is 17.6 Å². The number of benzene rings is 1. The van der Waals surface area contributed by atoms with Crippen molar-refractivity contribution in [2.24, 2.45) is 29.6 Å². The second-order valence-electron chi connectivity index (χ2n) is 11.1. The standard InChI is InChI=1S/C28H37F5/c1-18-2-4-19(5-3-18)20-6-8-21(9-7-20)22-10-12-23(13-11-22)24-16-26(29)25(27(30)17-24)14-15-28(31,32)33/h14-23H,2-13H2,1H3/b15-14+. The van der Waals surface area contributed by atoms with Crippen LogP contribution in [0.1, 0.15) is 101 Å². The van der Waals surface area contributed by atoms with Crippen molar-refractivity contribution in [3.63, 3.8) is 0 Å². The van der Waals surface area contributed by atoms with Crippen LogP contribution in [0.3, 0.4) is 0 Å². The first kappa shape index (κ1) is 24.7. The van der Waals surface area contributed by atoms with E-state index in [4.69, 9.17) is 0 Å². The van der Waals surface area contributed by atoms with E-state index in [1.165, 1.54) is 63.5 Å². The molecule has 3 aliphatic carbocycles. The van der Waals surface area contributed by atoms with Crippen molar-refractivity contribution in [1.29, 1.82) is 0 Å². The van der Waals surface area contributed by atoms with Crippen LogP contribution in [-0.2, 0) is 0 Å². The van der Waals surface area contributed by atoms with Crippen LogP contribution in [-0.4, -0.2) is 6.18 Å². The van der Waals surface area contributed by atoms with Gasteiger partial charge in [-0.15, -0.1) is 0 Å². The van der Waals surface area contributed by atoms with Gasteiger partial charge in [0.25, 0.3) is 0 Å². The first-order chi connectivity index (χ1) is 15.7. The van der Waals surface area contributed by atoms with Crippen LogP contribution in [0.2, 0.25) is 0 Å². The molecule has 0 N–H and O–H groups in total. The van der Waals surface area contributed by atoms with Gasteiger partial charge in [0.05, 0.1) is 0 Å². The monoisotopic (exact) mass is 468 g/mol. The van der Waals surface area contributed by atoms with E-state index < -0.39 is 23.4 Å². The summed E-state index contributed by atoms with van der Waals surface area (Å²) in [6, 6.07) is 2.47. The number of hydrogen-bond acceptors (Lipinski definition) is 0. The number of halogens is 5. The fourth-order valence-electron chi connectivity index (χ4n) is 6.95. The molecule has 0 nitrogen and oxygen atoms in total. The first-order valence-corrected chi connectivity index (χ1v) is 12.9. The van der Waals surface area contributed by atoms with Crippen LogP contribution in [0.5, 0.6) is 0 Å². The maximum Gasteiger partial charge on any atom is 0.409 e. The molecule has 0 unspecified atom stereocenters. The highest BCUT2D eigenvalue weighted by molar-refractivity contribution is 5.52. The van der Waals surface area contributed by atoms with Gasteiger partial charge in [-0.2, -0.15) is 13.2 Å². The van der Waals surface area contributed by atoms with Crippen molar-refractivity contribution in [3.05, 3.63) is 41.0 Å². The minimum absolute atomic E-state index is 0.0893. The first-order valence-electron chi connectivity index (χ1n) is 12.9. The van der Waals surface area contributed by atoms with Crippen molar-refractivity contribution in [1.82, 2.24) is 0 Å². The zero-order chi connectivity index (χ0) is 23.6. The third-order valence-corrected chi connectivity index (χ3v) is 8.99. The predicted molar refractivity (Wildman–Crippen MR) is 123 cm³/mol. The summed E-state index contributed by atoms with van der Waals surface area (Å²) in [6.07, 6.45) is 10.8. The van der Waals surface area contributed by atoms with Crippen molar-refractivity contribution in [2.75, 3.05) is 0 Å². The molecule has 0 heterocycles. The molecule has 0 saturated heterocycles. The van der Waals surface area contributed by atoms with E-state index in [2.05, 4.69) is 6.92 Å². The van der Waals surface area contributed by atoms with Crippen LogP contribution < -0.4 is 0 Å². The Balaban J connectivity index is 1.28. The number of alkyl halides is 3. The van der Waals surface area contributed by atoms with Crippen molar-refractivity contribution in [2.45, 2.75) is 96.1 Å². The molecule has 0 aromatic heterocycles. The molecule has 3 aliphatic rings. The maximum atomic E-state index is 14.4. The van der Waals surface area contributed by atoms with Gasteiger partial charge in [0.15, 0.2) is 0 Å². The maximum absolute atomic E-state index is 14.4. The zero-order valence-corrected chi connectivity index (χ0v) is 19.6. The van der Waals surface area contributed by atoms with Crippen LogP contribution in [0.4, 0.5) is 22.0 Å². The molecule has 0 amide bonds. The summed E-state index contributed by atoms with van der Waals surface area (Å²) in [6.45, 7) is 2.38. The molecule has 33 heavy (non-hydrogen) atoms. The van der Waals surface area contributed by atoms with Crippen molar-refractivity contribution < 1.29 is 22.0 Å². The van der Waals surface area contributed by atoms with Gasteiger partial charge in [-0.05, 0) is 123 Å². The Bertz CT molecular complexity index is 779. The second kappa shape index (κ2) is 10.5. The summed E-state index contributed by atoms with van der Waals surface area (Å²) in [5.74, 6) is 2.52. The average molecular weight is 469 g/mol. The lowest BCUT2D eigenvalue weighted by atomic mass is 9.65. The molecular formula is C28H37F5. The highest BCUT2D eigenvalue weighted by Gasteiger charge is 2.34. The SMILES string of the molecule is CC1CCC(C2CCC(C3CCC(c4cc(F)c(/C=C/C(F)(F)F)c(F)c4)CC3)CC2)CC1. The molecule has 184 valence electrons. The van der Waals surface area contributed by atoms with Gasteiger partial charge in [-0.1, -0.05) is 19.8 Å². The van der Waals surface area contributed by atoms with Crippen LogP contribution in [0.25, 0.3) is 6.08 Å². The smallest absolute Gasteiger partial charge is 0.206 e. The van der Waals surface area contributed by atoms with Gasteiger partial charge in [-0.25, -0.2) is 8.78 Å². The number of allylic oxidation sites excluding steroid dienone is 1. The quantitative estimate of drug-likeness (QED) is 0.386. The van der Waals surface area contributed by atoms with Crippen molar-refractivity contribution >= 4 is 6.08 Å². The molecule has 1 aromatic carbocycles. The largest absolute Gasteiger partial charge is 0.409 e. The molecule has 0 bridgehead atoms. The molecule has 0 aliphatic heterocycles. The van der Waals surface area contributed by atoms with Gasteiger partial charge in [0, 0.05) is 11.6 Å². The van der Waals surface area contributed by atoms with Crippen molar-refractivity contribution in [3.8, 4) is 0 Å². The summed E-state index contributed by atoms with van der Waals surface area (Å²) < 4.78 is 65.8. The lowest BCUT2D eigenvalue weighted by molar-refractivity contribution is -0.0790. The molecule has 4 rings (SSSR count).